The predicted octanol–water partition coefficient (Wildman–Crippen LogP) is 2.82. The van der Waals surface area contributed by atoms with Gasteiger partial charge in [0.05, 0.1) is 0 Å². The molecule has 1 saturated heterocycles. The Morgan fingerprint density at radius 3 is 1.76 bits per heavy atom. The monoisotopic (exact) mass is 325 g/mol. The summed E-state index contributed by atoms with van der Waals surface area (Å²) in [5.74, 6) is -6.25. The fraction of sp³-hybridized carbons (Fsp3) is 1.00. The summed E-state index contributed by atoms with van der Waals surface area (Å²) in [7, 11) is -2.97. The van der Waals surface area contributed by atoms with E-state index in [1.54, 1.807) is 0 Å². The first-order valence-electron chi connectivity index (χ1n) is 3.66. The molecule has 0 aromatic rings. The Morgan fingerprint density at radius 2 is 1.35 bits per heavy atom. The topological polar surface area (TPSA) is 45.3 Å². The molecular weight excluding hydrogens is 320 g/mol. The maximum Gasteiger partial charge on any atom is 0.462 e. The molecule has 102 valence electrons. The normalized spacial score (nSPS) is 26.6. The van der Waals surface area contributed by atoms with Crippen molar-refractivity contribution in [3.05, 3.63) is 0 Å². The van der Waals surface area contributed by atoms with Gasteiger partial charge in [0.2, 0.25) is 0 Å². The zero-order valence-electron chi connectivity index (χ0n) is 7.50. The van der Waals surface area contributed by atoms with Crippen LogP contribution in [-0.2, 0) is 4.52 Å². The Balaban J connectivity index is 2.72. The van der Waals surface area contributed by atoms with E-state index in [9.17, 15) is 30.7 Å². The molecule has 1 rings (SSSR count). The van der Waals surface area contributed by atoms with Crippen molar-refractivity contribution < 1.29 is 35.3 Å². The lowest BCUT2D eigenvalue weighted by atomic mass is 10.3. The van der Waals surface area contributed by atoms with Crippen molar-refractivity contribution in [2.24, 2.45) is 0 Å². The lowest BCUT2D eigenvalue weighted by Gasteiger charge is -2.32. The molecule has 0 spiro atoms. The SMILES string of the molecule is FC(F)(F)C(F)(F)C(F)(F)OP1NPNPN1. The Bertz CT molecular complexity index is 269. The highest BCUT2D eigenvalue weighted by Crippen LogP contribution is 2.53. The molecule has 17 heavy (non-hydrogen) atoms. The summed E-state index contributed by atoms with van der Waals surface area (Å²) in [5.41, 5.74) is 0. The van der Waals surface area contributed by atoms with Gasteiger partial charge in [-0.1, -0.05) is 0 Å². The van der Waals surface area contributed by atoms with E-state index in [1.165, 1.54) is 0 Å². The van der Waals surface area contributed by atoms with Gasteiger partial charge in [0.15, 0.2) is 8.45 Å². The van der Waals surface area contributed by atoms with Crippen LogP contribution in [0.4, 0.5) is 30.7 Å². The Labute approximate surface area is 95.1 Å². The minimum Gasteiger partial charge on any atom is -0.261 e. The summed E-state index contributed by atoms with van der Waals surface area (Å²) in [6.45, 7) is 0. The molecular formula is C3H5F7N3OP3. The Kier molecular flexibility index (Phi) is 4.92. The van der Waals surface area contributed by atoms with Crippen molar-refractivity contribution in [3.63, 3.8) is 0 Å². The van der Waals surface area contributed by atoms with Crippen molar-refractivity contribution in [2.75, 3.05) is 0 Å². The van der Waals surface area contributed by atoms with Crippen LogP contribution in [0.15, 0.2) is 0 Å². The van der Waals surface area contributed by atoms with E-state index in [0.717, 1.165) is 0 Å². The third kappa shape index (κ3) is 3.56. The molecule has 2 unspecified atom stereocenters. The fourth-order valence-electron chi connectivity index (χ4n) is 0.599. The van der Waals surface area contributed by atoms with Crippen LogP contribution < -0.4 is 14.6 Å². The molecule has 1 aliphatic heterocycles. The van der Waals surface area contributed by atoms with Gasteiger partial charge in [0.25, 0.3) is 0 Å². The third-order valence-corrected chi connectivity index (χ3v) is 5.30. The van der Waals surface area contributed by atoms with Gasteiger partial charge < -0.3 is 0 Å². The third-order valence-electron chi connectivity index (χ3n) is 1.37. The van der Waals surface area contributed by atoms with Crippen molar-refractivity contribution in [3.8, 4) is 0 Å². The van der Waals surface area contributed by atoms with E-state index < -0.39 is 26.7 Å². The summed E-state index contributed by atoms with van der Waals surface area (Å²) in [5, 5.41) is 0. The number of halogens is 7. The number of alkyl halides is 7. The average molecular weight is 325 g/mol. The first kappa shape index (κ1) is 15.7. The van der Waals surface area contributed by atoms with Crippen molar-refractivity contribution in [1.29, 1.82) is 0 Å². The van der Waals surface area contributed by atoms with Gasteiger partial charge in [-0.2, -0.15) is 30.7 Å². The Hall–Kier alpha value is 0.640. The van der Waals surface area contributed by atoms with Crippen LogP contribution in [-0.4, -0.2) is 18.2 Å². The Morgan fingerprint density at radius 1 is 0.882 bits per heavy atom. The lowest BCUT2D eigenvalue weighted by molar-refractivity contribution is -0.402. The van der Waals surface area contributed by atoms with E-state index in [1.807, 2.05) is 0 Å². The van der Waals surface area contributed by atoms with E-state index in [4.69, 9.17) is 0 Å². The standard InChI is InChI=1S/C3H5F7N3OP3/c4-1(5,2(6,7)8)3(9,10)14-17-12-15-11-16-13-17/h11-13,15-16H. The smallest absolute Gasteiger partial charge is 0.261 e. The van der Waals surface area contributed by atoms with E-state index in [2.05, 4.69) is 19.1 Å². The maximum atomic E-state index is 12.7. The van der Waals surface area contributed by atoms with Gasteiger partial charge in [-0.3, -0.25) is 9.38 Å². The molecule has 0 aromatic heterocycles. The van der Waals surface area contributed by atoms with E-state index in [-0.39, 0.29) is 17.8 Å². The highest BCUT2D eigenvalue weighted by Gasteiger charge is 2.75. The van der Waals surface area contributed by atoms with Gasteiger partial charge in [-0.15, -0.1) is 0 Å². The summed E-state index contributed by atoms with van der Waals surface area (Å²) in [6.07, 6.45) is -12.0. The maximum absolute atomic E-state index is 12.7. The number of hydrogen-bond acceptors (Lipinski definition) is 4. The first-order valence-corrected chi connectivity index (χ1v) is 6.92. The molecule has 4 nitrogen and oxygen atoms in total. The second-order valence-corrected chi connectivity index (χ2v) is 6.63. The minimum atomic E-state index is -6.38. The summed E-state index contributed by atoms with van der Waals surface area (Å²) in [6, 6.07) is 0. The molecule has 0 aromatic carbocycles. The summed E-state index contributed by atoms with van der Waals surface area (Å²) >= 11 is 0. The molecule has 1 heterocycles. The molecule has 0 aliphatic carbocycles. The number of rotatable bonds is 3. The molecule has 0 saturated carbocycles. The van der Waals surface area contributed by atoms with Crippen LogP contribution in [0.3, 0.4) is 0 Å². The summed E-state index contributed by atoms with van der Waals surface area (Å²) < 4.78 is 88.9. The predicted molar refractivity (Wildman–Crippen MR) is 50.0 cm³/mol. The van der Waals surface area contributed by atoms with Gasteiger partial charge >= 0.3 is 18.2 Å². The highest BCUT2D eigenvalue weighted by molar-refractivity contribution is 7.71. The summed E-state index contributed by atoms with van der Waals surface area (Å²) in [4.78, 5) is 6.93. The lowest BCUT2D eigenvalue weighted by Crippen LogP contribution is -2.53. The molecule has 0 amide bonds. The van der Waals surface area contributed by atoms with Crippen LogP contribution in [0.1, 0.15) is 0 Å². The van der Waals surface area contributed by atoms with Crippen LogP contribution in [0.2, 0.25) is 0 Å². The molecule has 14 heteroatoms. The second kappa shape index (κ2) is 5.33. The zero-order valence-corrected chi connectivity index (χ0v) is 10.4. The van der Waals surface area contributed by atoms with Crippen molar-refractivity contribution in [2.45, 2.75) is 18.2 Å². The quantitative estimate of drug-likeness (QED) is 0.552. The molecule has 2 atom stereocenters. The number of hydrogen-bond donors (Lipinski definition) is 3. The van der Waals surface area contributed by atoms with Crippen molar-refractivity contribution >= 4 is 26.2 Å². The van der Waals surface area contributed by atoms with Crippen LogP contribution in [0, 0.1) is 0 Å². The fourth-order valence-corrected chi connectivity index (χ4v) is 4.55. The molecule has 1 aliphatic rings. The average Bonchev–Trinajstić information content (AvgIpc) is 2.16. The van der Waals surface area contributed by atoms with Crippen molar-refractivity contribution in [1.82, 2.24) is 14.6 Å². The zero-order chi connectivity index (χ0) is 13.3. The molecule has 1 fully saturated rings. The minimum absolute atomic E-state index is 0.268. The molecule has 0 radical (unpaired) electrons. The largest absolute Gasteiger partial charge is 0.462 e. The van der Waals surface area contributed by atoms with Crippen LogP contribution in [0.5, 0.6) is 0 Å². The van der Waals surface area contributed by atoms with Crippen LogP contribution in [0.25, 0.3) is 0 Å². The van der Waals surface area contributed by atoms with Gasteiger partial charge in [-0.25, -0.2) is 9.72 Å². The van der Waals surface area contributed by atoms with Gasteiger partial charge in [0, 0.05) is 17.8 Å². The first-order chi connectivity index (χ1) is 7.58. The van der Waals surface area contributed by atoms with E-state index in [0.29, 0.717) is 0 Å². The molecule has 0 bridgehead atoms. The molecule has 3 N–H and O–H groups in total. The number of nitrogens with one attached hydrogen (secondary N) is 3. The highest BCUT2D eigenvalue weighted by atomic mass is 31.2. The van der Waals surface area contributed by atoms with Gasteiger partial charge in [0.1, 0.15) is 0 Å². The van der Waals surface area contributed by atoms with Gasteiger partial charge in [-0.05, 0) is 0 Å². The van der Waals surface area contributed by atoms with E-state index >= 15 is 0 Å². The second-order valence-electron chi connectivity index (χ2n) is 2.57. The van der Waals surface area contributed by atoms with Crippen LogP contribution >= 0.6 is 26.2 Å².